The van der Waals surface area contributed by atoms with Gasteiger partial charge in [0.15, 0.2) is 0 Å². The fourth-order valence-electron chi connectivity index (χ4n) is 1.81. The first-order valence-electron chi connectivity index (χ1n) is 5.72. The highest BCUT2D eigenvalue weighted by Crippen LogP contribution is 2.19. The monoisotopic (exact) mass is 244 g/mol. The molecule has 2 N–H and O–H groups in total. The second-order valence-electron chi connectivity index (χ2n) is 4.06. The summed E-state index contributed by atoms with van der Waals surface area (Å²) in [4.78, 5) is 15.4. The Balaban J connectivity index is 2.40. The number of carbonyl (C=O) groups is 1. The second kappa shape index (κ2) is 4.91. The molecular formula is C13H16N4O. The molecule has 1 heterocycles. The Labute approximate surface area is 106 Å². The fourth-order valence-corrected chi connectivity index (χ4v) is 1.81. The van der Waals surface area contributed by atoms with Crippen molar-refractivity contribution in [3.05, 3.63) is 36.2 Å². The highest BCUT2D eigenvalue weighted by atomic mass is 16.1. The molecule has 18 heavy (non-hydrogen) atoms. The standard InChI is InChI=1S/C13H16N4O/c1-9-8-17(13(14-3)15-9)12-6-4-5-11(7-12)16-10(2)18/h4-8H,1-3H3,(H,14,15)(H,16,18). The molecule has 0 saturated heterocycles. The van der Waals surface area contributed by atoms with Gasteiger partial charge < -0.3 is 10.6 Å². The number of amides is 1. The largest absolute Gasteiger partial charge is 0.358 e. The summed E-state index contributed by atoms with van der Waals surface area (Å²) in [6.45, 7) is 3.43. The van der Waals surface area contributed by atoms with Crippen LogP contribution in [-0.4, -0.2) is 22.5 Å². The molecule has 0 fully saturated rings. The number of imidazole rings is 1. The van der Waals surface area contributed by atoms with Gasteiger partial charge in [-0.15, -0.1) is 0 Å². The molecule has 0 aliphatic carbocycles. The van der Waals surface area contributed by atoms with E-state index in [2.05, 4.69) is 15.6 Å². The van der Waals surface area contributed by atoms with Crippen LogP contribution in [-0.2, 0) is 4.79 Å². The van der Waals surface area contributed by atoms with E-state index in [1.54, 1.807) is 0 Å². The van der Waals surface area contributed by atoms with E-state index in [0.29, 0.717) is 0 Å². The Morgan fingerprint density at radius 2 is 2.17 bits per heavy atom. The Morgan fingerprint density at radius 3 is 2.83 bits per heavy atom. The normalized spacial score (nSPS) is 10.2. The average molecular weight is 244 g/mol. The van der Waals surface area contributed by atoms with Gasteiger partial charge in [0.2, 0.25) is 11.9 Å². The van der Waals surface area contributed by atoms with Crippen molar-refractivity contribution in [1.82, 2.24) is 9.55 Å². The summed E-state index contributed by atoms with van der Waals surface area (Å²) in [7, 11) is 1.83. The van der Waals surface area contributed by atoms with Crippen molar-refractivity contribution < 1.29 is 4.79 Å². The Bertz CT molecular complexity index is 574. The van der Waals surface area contributed by atoms with Crippen LogP contribution in [0.25, 0.3) is 5.69 Å². The second-order valence-corrected chi connectivity index (χ2v) is 4.06. The van der Waals surface area contributed by atoms with Gasteiger partial charge in [0, 0.05) is 25.9 Å². The Morgan fingerprint density at radius 1 is 1.39 bits per heavy atom. The molecule has 0 atom stereocenters. The molecule has 0 spiro atoms. The lowest BCUT2D eigenvalue weighted by molar-refractivity contribution is -0.114. The maximum atomic E-state index is 11.0. The number of aryl methyl sites for hydroxylation is 1. The number of rotatable bonds is 3. The number of benzene rings is 1. The zero-order chi connectivity index (χ0) is 13.1. The zero-order valence-corrected chi connectivity index (χ0v) is 10.7. The third kappa shape index (κ3) is 2.51. The van der Waals surface area contributed by atoms with Crippen LogP contribution in [0, 0.1) is 6.92 Å². The van der Waals surface area contributed by atoms with Crippen LogP contribution < -0.4 is 10.6 Å². The highest BCUT2D eigenvalue weighted by molar-refractivity contribution is 5.88. The molecule has 0 aliphatic rings. The summed E-state index contributed by atoms with van der Waals surface area (Å²) in [5.41, 5.74) is 2.66. The van der Waals surface area contributed by atoms with E-state index in [4.69, 9.17) is 0 Å². The first-order chi connectivity index (χ1) is 8.60. The van der Waals surface area contributed by atoms with E-state index in [-0.39, 0.29) is 5.91 Å². The lowest BCUT2D eigenvalue weighted by Crippen LogP contribution is -2.06. The average Bonchev–Trinajstić information content (AvgIpc) is 2.70. The van der Waals surface area contributed by atoms with E-state index in [1.165, 1.54) is 6.92 Å². The fraction of sp³-hybridized carbons (Fsp3) is 0.231. The molecule has 0 aliphatic heterocycles. The number of anilines is 2. The predicted molar refractivity (Wildman–Crippen MR) is 72.2 cm³/mol. The summed E-state index contributed by atoms with van der Waals surface area (Å²) in [5.74, 6) is 0.690. The van der Waals surface area contributed by atoms with Crippen molar-refractivity contribution in [2.24, 2.45) is 0 Å². The highest BCUT2D eigenvalue weighted by Gasteiger charge is 2.06. The summed E-state index contributed by atoms with van der Waals surface area (Å²) < 4.78 is 1.95. The van der Waals surface area contributed by atoms with Crippen LogP contribution in [0.3, 0.4) is 0 Å². The van der Waals surface area contributed by atoms with E-state index < -0.39 is 0 Å². The molecule has 0 bridgehead atoms. The number of aromatic nitrogens is 2. The molecule has 0 saturated carbocycles. The van der Waals surface area contributed by atoms with Crippen molar-refractivity contribution in [2.45, 2.75) is 13.8 Å². The van der Waals surface area contributed by atoms with Gasteiger partial charge in [0.25, 0.3) is 0 Å². The molecule has 1 amide bonds. The molecule has 1 aromatic carbocycles. The topological polar surface area (TPSA) is 59.0 Å². The predicted octanol–water partition coefficient (Wildman–Crippen LogP) is 2.18. The molecular weight excluding hydrogens is 228 g/mol. The van der Waals surface area contributed by atoms with Gasteiger partial charge >= 0.3 is 0 Å². The van der Waals surface area contributed by atoms with Crippen LogP contribution in [0.1, 0.15) is 12.6 Å². The summed E-state index contributed by atoms with van der Waals surface area (Å²) in [5, 5.41) is 5.81. The molecule has 1 aromatic heterocycles. The van der Waals surface area contributed by atoms with Gasteiger partial charge in [-0.05, 0) is 25.1 Å². The Hall–Kier alpha value is -2.30. The van der Waals surface area contributed by atoms with Crippen molar-refractivity contribution in [2.75, 3.05) is 17.7 Å². The van der Waals surface area contributed by atoms with Gasteiger partial charge in [-0.2, -0.15) is 0 Å². The SMILES string of the molecule is CNc1nc(C)cn1-c1cccc(NC(C)=O)c1. The van der Waals surface area contributed by atoms with Crippen LogP contribution in [0.4, 0.5) is 11.6 Å². The number of carbonyl (C=O) groups excluding carboxylic acids is 1. The zero-order valence-electron chi connectivity index (χ0n) is 10.7. The van der Waals surface area contributed by atoms with Crippen molar-refractivity contribution in [3.63, 3.8) is 0 Å². The van der Waals surface area contributed by atoms with Gasteiger partial charge in [-0.3, -0.25) is 9.36 Å². The van der Waals surface area contributed by atoms with Gasteiger partial charge in [-0.25, -0.2) is 4.98 Å². The molecule has 94 valence electrons. The van der Waals surface area contributed by atoms with Gasteiger partial charge in [0.05, 0.1) is 11.4 Å². The number of nitrogens with one attached hydrogen (secondary N) is 2. The minimum absolute atomic E-state index is 0.0807. The van der Waals surface area contributed by atoms with E-state index in [1.807, 2.05) is 49.0 Å². The van der Waals surface area contributed by atoms with E-state index in [9.17, 15) is 4.79 Å². The smallest absolute Gasteiger partial charge is 0.221 e. The lowest BCUT2D eigenvalue weighted by atomic mass is 10.2. The molecule has 0 unspecified atom stereocenters. The maximum Gasteiger partial charge on any atom is 0.221 e. The van der Waals surface area contributed by atoms with Crippen LogP contribution in [0.2, 0.25) is 0 Å². The van der Waals surface area contributed by atoms with Gasteiger partial charge in [-0.1, -0.05) is 6.07 Å². The maximum absolute atomic E-state index is 11.0. The first kappa shape index (κ1) is 12.2. The van der Waals surface area contributed by atoms with Crippen LogP contribution >= 0.6 is 0 Å². The quantitative estimate of drug-likeness (QED) is 0.870. The summed E-state index contributed by atoms with van der Waals surface area (Å²) >= 11 is 0. The Kier molecular flexibility index (Phi) is 3.32. The lowest BCUT2D eigenvalue weighted by Gasteiger charge is -2.09. The van der Waals surface area contributed by atoms with E-state index in [0.717, 1.165) is 23.0 Å². The minimum Gasteiger partial charge on any atom is -0.358 e. The van der Waals surface area contributed by atoms with Gasteiger partial charge in [0.1, 0.15) is 0 Å². The van der Waals surface area contributed by atoms with Crippen molar-refractivity contribution >= 4 is 17.5 Å². The molecule has 2 rings (SSSR count). The minimum atomic E-state index is -0.0807. The summed E-state index contributed by atoms with van der Waals surface area (Å²) in [6, 6.07) is 7.62. The molecule has 2 aromatic rings. The first-order valence-corrected chi connectivity index (χ1v) is 5.72. The molecule has 5 nitrogen and oxygen atoms in total. The number of hydrogen-bond acceptors (Lipinski definition) is 3. The van der Waals surface area contributed by atoms with Crippen molar-refractivity contribution in [1.29, 1.82) is 0 Å². The third-order valence-corrected chi connectivity index (χ3v) is 2.49. The number of hydrogen-bond donors (Lipinski definition) is 2. The summed E-state index contributed by atoms with van der Waals surface area (Å²) in [6.07, 6.45) is 1.94. The van der Waals surface area contributed by atoms with Crippen molar-refractivity contribution in [3.8, 4) is 5.69 Å². The van der Waals surface area contributed by atoms with Crippen LogP contribution in [0.15, 0.2) is 30.5 Å². The number of nitrogens with zero attached hydrogens (tertiary/aromatic N) is 2. The molecule has 0 radical (unpaired) electrons. The van der Waals surface area contributed by atoms with E-state index >= 15 is 0 Å². The van der Waals surface area contributed by atoms with Crippen LogP contribution in [0.5, 0.6) is 0 Å². The molecule has 5 heteroatoms. The third-order valence-electron chi connectivity index (χ3n) is 2.49.